The van der Waals surface area contributed by atoms with Crippen molar-refractivity contribution in [1.29, 1.82) is 0 Å². The minimum Gasteiger partial charge on any atom is -0.494 e. The topological polar surface area (TPSA) is 55.4 Å². The largest absolute Gasteiger partial charge is 0.494 e. The molecule has 9 heteroatoms. The number of aliphatic imine (C=N–C) groups is 1. The van der Waals surface area contributed by atoms with Gasteiger partial charge in [-0.1, -0.05) is 6.07 Å². The predicted molar refractivity (Wildman–Crippen MR) is 138 cm³/mol. The second-order valence-electron chi connectivity index (χ2n) is 8.87. The first-order valence-electron chi connectivity index (χ1n) is 11.7. The predicted octanol–water partition coefficient (Wildman–Crippen LogP) is 1.97. The van der Waals surface area contributed by atoms with Crippen LogP contribution in [0.3, 0.4) is 0 Å². The smallest absolute Gasteiger partial charge is 0.191 e. The number of halogens is 2. The van der Waals surface area contributed by atoms with Crippen LogP contribution in [0.15, 0.2) is 23.2 Å². The number of nitrogens with zero attached hydrogens (tertiary/aromatic N) is 4. The minimum absolute atomic E-state index is 0. The Bertz CT molecular complexity index is 750. The van der Waals surface area contributed by atoms with Crippen LogP contribution in [0.4, 0.5) is 4.39 Å². The first-order valence-corrected chi connectivity index (χ1v) is 11.7. The van der Waals surface area contributed by atoms with E-state index in [4.69, 9.17) is 9.73 Å². The monoisotopic (exact) mass is 560 g/mol. The fraction of sp³-hybridized carbons (Fsp3) is 0.696. The zero-order valence-corrected chi connectivity index (χ0v) is 21.7. The molecule has 32 heavy (non-hydrogen) atoms. The van der Waals surface area contributed by atoms with Gasteiger partial charge in [0, 0.05) is 71.0 Å². The van der Waals surface area contributed by atoms with Crippen molar-refractivity contribution in [3.05, 3.63) is 29.6 Å². The molecule has 0 aromatic heterocycles. The molecule has 4 saturated heterocycles. The van der Waals surface area contributed by atoms with Crippen molar-refractivity contribution in [3.63, 3.8) is 0 Å². The molecule has 7 nitrogen and oxygen atoms in total. The summed E-state index contributed by atoms with van der Waals surface area (Å²) in [5.41, 5.74) is 0.993. The Morgan fingerprint density at radius 1 is 1.16 bits per heavy atom. The van der Waals surface area contributed by atoms with Gasteiger partial charge < -0.3 is 15.4 Å². The van der Waals surface area contributed by atoms with Gasteiger partial charge in [-0.15, -0.1) is 24.0 Å². The van der Waals surface area contributed by atoms with E-state index in [9.17, 15) is 4.39 Å². The van der Waals surface area contributed by atoms with Crippen LogP contribution in [0.1, 0.15) is 25.3 Å². The standard InChI is InChI=1S/C23H37FN6O.HI/c1-3-25-23(26-15-20-17-29-10-12-30(20)13-11-29)27-19-6-8-28(9-7-19)16-18-4-5-22(31-2)21(24)14-18;/h4-5,14,19-20H,3,6-13,15-17H2,1-2H3,(H2,25,26,27);1H. The van der Waals surface area contributed by atoms with Gasteiger partial charge in [0.05, 0.1) is 13.7 Å². The van der Waals surface area contributed by atoms with Crippen molar-refractivity contribution in [2.45, 2.75) is 38.4 Å². The Morgan fingerprint density at radius 2 is 1.91 bits per heavy atom. The van der Waals surface area contributed by atoms with E-state index in [1.807, 2.05) is 6.07 Å². The lowest BCUT2D eigenvalue weighted by Crippen LogP contribution is -2.62. The van der Waals surface area contributed by atoms with Gasteiger partial charge in [-0.2, -0.15) is 0 Å². The fourth-order valence-electron chi connectivity index (χ4n) is 4.91. The Kier molecular flexibility index (Phi) is 9.81. The summed E-state index contributed by atoms with van der Waals surface area (Å²) < 4.78 is 19.0. The lowest BCUT2D eigenvalue weighted by atomic mass is 10.0. The first kappa shape index (κ1) is 25.5. The van der Waals surface area contributed by atoms with Crippen LogP contribution in [-0.4, -0.2) is 98.8 Å². The number of methoxy groups -OCH3 is 1. The van der Waals surface area contributed by atoms with Gasteiger partial charge in [-0.25, -0.2) is 4.39 Å². The maximum Gasteiger partial charge on any atom is 0.191 e. The summed E-state index contributed by atoms with van der Waals surface area (Å²) in [6.07, 6.45) is 2.12. The number of fused-ring (bicyclic) bond motifs is 3. The second kappa shape index (κ2) is 12.3. The number of rotatable bonds is 7. The molecule has 0 aliphatic carbocycles. The molecule has 0 amide bonds. The number of piperidine rings is 1. The molecule has 1 atom stereocenters. The third kappa shape index (κ3) is 6.68. The van der Waals surface area contributed by atoms with Crippen LogP contribution < -0.4 is 15.4 Å². The number of piperazine rings is 3. The van der Waals surface area contributed by atoms with Crippen LogP contribution in [0.2, 0.25) is 0 Å². The number of ether oxygens (including phenoxy) is 1. The van der Waals surface area contributed by atoms with Crippen LogP contribution in [-0.2, 0) is 6.54 Å². The van der Waals surface area contributed by atoms with Crippen LogP contribution >= 0.6 is 24.0 Å². The Balaban J connectivity index is 0.00000289. The summed E-state index contributed by atoms with van der Waals surface area (Å²) in [7, 11) is 1.50. The summed E-state index contributed by atoms with van der Waals surface area (Å²) in [4.78, 5) is 12.5. The fourth-order valence-corrected chi connectivity index (χ4v) is 4.91. The molecular formula is C23H38FIN6O. The third-order valence-corrected chi connectivity index (χ3v) is 6.75. The van der Waals surface area contributed by atoms with Crippen LogP contribution in [0.5, 0.6) is 5.75 Å². The summed E-state index contributed by atoms with van der Waals surface area (Å²) in [6, 6.07) is 6.22. The molecule has 4 fully saturated rings. The minimum atomic E-state index is -0.289. The van der Waals surface area contributed by atoms with Gasteiger partial charge in [0.15, 0.2) is 17.5 Å². The SMILES string of the molecule is CCNC(=NCC1CN2CCN1CC2)NC1CCN(Cc2ccc(OC)c(F)c2)CC1.I. The van der Waals surface area contributed by atoms with E-state index in [1.165, 1.54) is 33.3 Å². The third-order valence-electron chi connectivity index (χ3n) is 6.75. The summed E-state index contributed by atoms with van der Waals surface area (Å²) in [5.74, 6) is 0.954. The Morgan fingerprint density at radius 3 is 2.50 bits per heavy atom. The van der Waals surface area contributed by atoms with Crippen LogP contribution in [0, 0.1) is 5.82 Å². The highest BCUT2D eigenvalue weighted by Crippen LogP contribution is 2.20. The Labute approximate surface area is 208 Å². The van der Waals surface area contributed by atoms with Gasteiger partial charge in [0.2, 0.25) is 0 Å². The second-order valence-corrected chi connectivity index (χ2v) is 8.87. The van der Waals surface area contributed by atoms with E-state index in [0.717, 1.165) is 63.6 Å². The van der Waals surface area contributed by atoms with Crippen molar-refractivity contribution < 1.29 is 9.13 Å². The molecule has 4 aliphatic rings. The molecule has 1 aromatic rings. The summed E-state index contributed by atoms with van der Waals surface area (Å²) in [6.45, 7) is 12.5. The Hall–Kier alpha value is -1.17. The van der Waals surface area contributed by atoms with Crippen molar-refractivity contribution in [2.24, 2.45) is 4.99 Å². The van der Waals surface area contributed by atoms with Gasteiger partial charge in [0.1, 0.15) is 0 Å². The van der Waals surface area contributed by atoms with Crippen molar-refractivity contribution in [3.8, 4) is 5.75 Å². The molecule has 4 aliphatic heterocycles. The molecule has 1 aromatic carbocycles. The average molecular weight is 561 g/mol. The van der Waals surface area contributed by atoms with Gasteiger partial charge in [-0.3, -0.25) is 19.7 Å². The number of nitrogens with one attached hydrogen (secondary N) is 2. The van der Waals surface area contributed by atoms with E-state index < -0.39 is 0 Å². The number of benzene rings is 1. The molecular weight excluding hydrogens is 522 g/mol. The summed E-state index contributed by atoms with van der Waals surface area (Å²) >= 11 is 0. The quantitative estimate of drug-likeness (QED) is 0.303. The van der Waals surface area contributed by atoms with Crippen molar-refractivity contribution in [1.82, 2.24) is 25.3 Å². The van der Waals surface area contributed by atoms with Crippen LogP contribution in [0.25, 0.3) is 0 Å². The molecule has 2 N–H and O–H groups in total. The molecule has 0 radical (unpaired) electrons. The highest BCUT2D eigenvalue weighted by Gasteiger charge is 2.31. The van der Waals surface area contributed by atoms with E-state index in [1.54, 1.807) is 12.1 Å². The molecule has 0 spiro atoms. The number of hydrogen-bond donors (Lipinski definition) is 2. The van der Waals surface area contributed by atoms with Gasteiger partial charge in [0.25, 0.3) is 0 Å². The molecule has 0 saturated carbocycles. The maximum absolute atomic E-state index is 14.0. The lowest BCUT2D eigenvalue weighted by Gasteiger charge is -2.47. The van der Waals surface area contributed by atoms with E-state index >= 15 is 0 Å². The van der Waals surface area contributed by atoms with Crippen molar-refractivity contribution >= 4 is 29.9 Å². The van der Waals surface area contributed by atoms with E-state index in [0.29, 0.717) is 17.8 Å². The highest BCUT2D eigenvalue weighted by molar-refractivity contribution is 14.0. The average Bonchev–Trinajstić information content (AvgIpc) is 2.80. The number of hydrogen-bond acceptors (Lipinski definition) is 5. The number of guanidine groups is 1. The number of likely N-dealkylation sites (tertiary alicyclic amines) is 1. The first-order chi connectivity index (χ1) is 15.1. The van der Waals surface area contributed by atoms with Gasteiger partial charge >= 0.3 is 0 Å². The normalized spacial score (nSPS) is 26.5. The summed E-state index contributed by atoms with van der Waals surface area (Å²) in [5, 5.41) is 7.07. The molecule has 1 unspecified atom stereocenters. The highest BCUT2D eigenvalue weighted by atomic mass is 127. The lowest BCUT2D eigenvalue weighted by molar-refractivity contribution is 0.0174. The van der Waals surface area contributed by atoms with Crippen molar-refractivity contribution in [2.75, 3.05) is 66.0 Å². The molecule has 5 rings (SSSR count). The zero-order valence-electron chi connectivity index (χ0n) is 19.4. The maximum atomic E-state index is 14.0. The van der Waals surface area contributed by atoms with E-state index in [2.05, 4.69) is 32.3 Å². The molecule has 2 bridgehead atoms. The molecule has 4 heterocycles. The molecule has 180 valence electrons. The zero-order chi connectivity index (χ0) is 21.6. The van der Waals surface area contributed by atoms with E-state index in [-0.39, 0.29) is 29.8 Å². The van der Waals surface area contributed by atoms with Gasteiger partial charge in [-0.05, 0) is 37.5 Å².